The number of rotatable bonds is 6. The quantitative estimate of drug-likeness (QED) is 0.311. The number of hydrogen-bond donors (Lipinski definition) is 5. The molecule has 0 aromatic heterocycles. The normalized spacial score (nSPS) is 10.3. The molecule has 0 saturated carbocycles. The zero-order chi connectivity index (χ0) is 21.5. The van der Waals surface area contributed by atoms with Gasteiger partial charge in [0.2, 0.25) is 0 Å². The van der Waals surface area contributed by atoms with Gasteiger partial charge in [0, 0.05) is 22.5 Å². The number of nitrogens with zero attached hydrogens (tertiary/aromatic N) is 1. The van der Waals surface area contributed by atoms with E-state index in [-0.39, 0.29) is 16.8 Å². The molecular weight excluding hydrogens is 384 g/mol. The minimum Gasteiger partial charge on any atom is -0.399 e. The highest BCUT2D eigenvalue weighted by Gasteiger charge is 2.19. The van der Waals surface area contributed by atoms with E-state index in [1.54, 1.807) is 60.7 Å². The van der Waals surface area contributed by atoms with Crippen molar-refractivity contribution in [1.82, 2.24) is 21.5 Å². The zero-order valence-corrected chi connectivity index (χ0v) is 15.8. The Morgan fingerprint density at radius 1 is 0.600 bits per heavy atom. The summed E-state index contributed by atoms with van der Waals surface area (Å²) in [6.45, 7) is 0. The smallest absolute Gasteiger partial charge is 0.270 e. The van der Waals surface area contributed by atoms with Crippen LogP contribution in [0.4, 0.5) is 11.4 Å². The van der Waals surface area contributed by atoms with Gasteiger partial charge in [0.05, 0.1) is 5.56 Å². The van der Waals surface area contributed by atoms with Crippen LogP contribution in [0.1, 0.15) is 31.1 Å². The molecule has 0 aliphatic heterocycles. The van der Waals surface area contributed by atoms with Gasteiger partial charge < -0.3 is 11.5 Å². The van der Waals surface area contributed by atoms with Gasteiger partial charge in [-0.25, -0.2) is 16.3 Å². The van der Waals surface area contributed by atoms with Crippen LogP contribution >= 0.6 is 0 Å². The van der Waals surface area contributed by atoms with Crippen LogP contribution in [0.3, 0.4) is 0 Å². The Hall–Kier alpha value is -4.37. The SMILES string of the molecule is Nc1ccc(C(=O)NN(NC(=O)c2ccccc2)NC(=O)c2ccccc2N)cc1. The molecule has 3 aromatic carbocycles. The number of nitrogens with one attached hydrogen (secondary N) is 3. The summed E-state index contributed by atoms with van der Waals surface area (Å²) in [5.74, 6) is -1.75. The highest BCUT2D eigenvalue weighted by Crippen LogP contribution is 2.10. The topological polar surface area (TPSA) is 143 Å². The van der Waals surface area contributed by atoms with Crippen LogP contribution in [0.15, 0.2) is 78.9 Å². The Morgan fingerprint density at radius 3 is 1.70 bits per heavy atom. The molecule has 0 spiro atoms. The van der Waals surface area contributed by atoms with Gasteiger partial charge in [-0.2, -0.15) is 0 Å². The largest absolute Gasteiger partial charge is 0.399 e. The van der Waals surface area contributed by atoms with Crippen molar-refractivity contribution in [2.24, 2.45) is 0 Å². The Kier molecular flexibility index (Phi) is 6.26. The second kappa shape index (κ2) is 9.22. The van der Waals surface area contributed by atoms with Gasteiger partial charge in [-0.1, -0.05) is 30.3 Å². The van der Waals surface area contributed by atoms with E-state index in [1.807, 2.05) is 0 Å². The van der Waals surface area contributed by atoms with Crippen molar-refractivity contribution < 1.29 is 14.4 Å². The van der Waals surface area contributed by atoms with Gasteiger partial charge in [0.25, 0.3) is 17.7 Å². The summed E-state index contributed by atoms with van der Waals surface area (Å²) in [6, 6.07) is 20.9. The highest BCUT2D eigenvalue weighted by atomic mass is 16.2. The molecule has 0 aliphatic carbocycles. The van der Waals surface area contributed by atoms with Crippen molar-refractivity contribution in [2.45, 2.75) is 0 Å². The molecule has 0 aliphatic rings. The number of hydrazine groups is 3. The Labute approximate surface area is 172 Å². The van der Waals surface area contributed by atoms with Crippen LogP contribution in [0.2, 0.25) is 0 Å². The van der Waals surface area contributed by atoms with E-state index in [0.717, 1.165) is 5.23 Å². The maximum atomic E-state index is 12.6. The number of nitrogens with two attached hydrogens (primary N) is 2. The summed E-state index contributed by atoms with van der Waals surface area (Å²) in [4.78, 5) is 37.7. The number of carbonyl (C=O) groups excluding carboxylic acids is 3. The van der Waals surface area contributed by atoms with Crippen molar-refractivity contribution in [3.05, 3.63) is 95.6 Å². The number of anilines is 2. The number of hydrogen-bond acceptors (Lipinski definition) is 6. The predicted octanol–water partition coefficient (Wildman–Crippen LogP) is 1.49. The van der Waals surface area contributed by atoms with E-state index >= 15 is 0 Å². The van der Waals surface area contributed by atoms with Gasteiger partial charge in [-0.05, 0) is 53.8 Å². The molecule has 7 N–H and O–H groups in total. The number of nitrogen functional groups attached to an aromatic ring is 2. The third kappa shape index (κ3) is 5.12. The molecule has 152 valence electrons. The molecule has 3 aromatic rings. The van der Waals surface area contributed by atoms with E-state index in [2.05, 4.69) is 16.3 Å². The molecule has 0 saturated heterocycles. The average molecular weight is 404 g/mol. The van der Waals surface area contributed by atoms with E-state index in [9.17, 15) is 14.4 Å². The van der Waals surface area contributed by atoms with Crippen molar-refractivity contribution in [3.8, 4) is 0 Å². The van der Waals surface area contributed by atoms with Crippen LogP contribution < -0.4 is 27.7 Å². The monoisotopic (exact) mass is 404 g/mol. The Morgan fingerprint density at radius 2 is 1.10 bits per heavy atom. The molecule has 3 rings (SSSR count). The zero-order valence-electron chi connectivity index (χ0n) is 15.8. The number of amides is 3. The lowest BCUT2D eigenvalue weighted by molar-refractivity contribution is 0.0310. The molecule has 0 fully saturated rings. The van der Waals surface area contributed by atoms with Crippen molar-refractivity contribution in [3.63, 3.8) is 0 Å². The summed E-state index contributed by atoms with van der Waals surface area (Å²) in [6.07, 6.45) is 0. The molecule has 9 nitrogen and oxygen atoms in total. The van der Waals surface area contributed by atoms with Gasteiger partial charge in [0.1, 0.15) is 0 Å². The van der Waals surface area contributed by atoms with Gasteiger partial charge in [-0.3, -0.25) is 14.4 Å². The van der Waals surface area contributed by atoms with E-state index in [4.69, 9.17) is 11.5 Å². The first-order chi connectivity index (χ1) is 14.4. The molecule has 0 heterocycles. The molecular formula is C21H20N6O3. The highest BCUT2D eigenvalue weighted by molar-refractivity contribution is 6.00. The maximum absolute atomic E-state index is 12.6. The number of para-hydroxylation sites is 1. The van der Waals surface area contributed by atoms with Gasteiger partial charge >= 0.3 is 0 Å². The lowest BCUT2D eigenvalue weighted by Gasteiger charge is -2.24. The Bertz CT molecular complexity index is 1050. The molecule has 0 radical (unpaired) electrons. The number of carbonyl (C=O) groups is 3. The molecule has 0 atom stereocenters. The Balaban J connectivity index is 1.79. The van der Waals surface area contributed by atoms with Crippen molar-refractivity contribution in [1.29, 1.82) is 0 Å². The van der Waals surface area contributed by atoms with Gasteiger partial charge in [-0.15, -0.1) is 0 Å². The maximum Gasteiger partial charge on any atom is 0.270 e. The minimum absolute atomic E-state index is 0.179. The lowest BCUT2D eigenvalue weighted by atomic mass is 10.2. The molecule has 30 heavy (non-hydrogen) atoms. The summed E-state index contributed by atoms with van der Waals surface area (Å²) in [5.41, 5.74) is 20.3. The first kappa shape index (κ1) is 20.4. The fraction of sp³-hybridized carbons (Fsp3) is 0. The fourth-order valence-electron chi connectivity index (χ4n) is 2.51. The second-order valence-corrected chi connectivity index (χ2v) is 6.23. The fourth-order valence-corrected chi connectivity index (χ4v) is 2.51. The third-order valence-corrected chi connectivity index (χ3v) is 4.05. The lowest BCUT2D eigenvalue weighted by Crippen LogP contribution is -2.61. The van der Waals surface area contributed by atoms with Crippen LogP contribution in [-0.2, 0) is 0 Å². The minimum atomic E-state index is -0.626. The van der Waals surface area contributed by atoms with Crippen molar-refractivity contribution >= 4 is 29.1 Å². The average Bonchev–Trinajstić information content (AvgIpc) is 2.75. The third-order valence-electron chi connectivity index (χ3n) is 4.05. The van der Waals surface area contributed by atoms with Crippen LogP contribution in [0.5, 0.6) is 0 Å². The van der Waals surface area contributed by atoms with Crippen LogP contribution in [-0.4, -0.2) is 22.9 Å². The molecule has 9 heteroatoms. The molecule has 0 unspecified atom stereocenters. The van der Waals surface area contributed by atoms with E-state index in [1.165, 1.54) is 18.2 Å². The molecule has 3 amide bonds. The van der Waals surface area contributed by atoms with Crippen LogP contribution in [0, 0.1) is 0 Å². The van der Waals surface area contributed by atoms with Crippen LogP contribution in [0.25, 0.3) is 0 Å². The predicted molar refractivity (Wildman–Crippen MR) is 112 cm³/mol. The van der Waals surface area contributed by atoms with E-state index < -0.39 is 17.7 Å². The number of benzene rings is 3. The summed E-state index contributed by atoms with van der Waals surface area (Å²) < 4.78 is 0. The van der Waals surface area contributed by atoms with Gasteiger partial charge in [0.15, 0.2) is 0 Å². The summed E-state index contributed by atoms with van der Waals surface area (Å²) >= 11 is 0. The standard InChI is InChI=1S/C21H20N6O3/c22-16-12-10-15(11-13-16)20(29)25-27(24-19(28)14-6-2-1-3-7-14)26-21(30)17-8-4-5-9-18(17)23/h1-13H,22-23H2,(H,24,28)(H,25,29)(H,26,30). The summed E-state index contributed by atoms with van der Waals surface area (Å²) in [5, 5.41) is 0.794. The van der Waals surface area contributed by atoms with E-state index in [0.29, 0.717) is 11.3 Å². The van der Waals surface area contributed by atoms with Crippen molar-refractivity contribution in [2.75, 3.05) is 11.5 Å². The second-order valence-electron chi connectivity index (χ2n) is 6.23. The first-order valence-electron chi connectivity index (χ1n) is 8.92. The summed E-state index contributed by atoms with van der Waals surface area (Å²) in [7, 11) is 0. The first-order valence-corrected chi connectivity index (χ1v) is 8.92. The molecule has 0 bridgehead atoms.